The predicted molar refractivity (Wildman–Crippen MR) is 76.4 cm³/mol. The number of halogens is 1. The first-order chi connectivity index (χ1) is 8.72. The summed E-state index contributed by atoms with van der Waals surface area (Å²) in [5.74, 6) is 1.74. The van der Waals surface area contributed by atoms with Crippen LogP contribution in [0.25, 0.3) is 0 Å². The molecular formula is C14H20BrNO2. The smallest absolute Gasteiger partial charge is 0.134 e. The number of ether oxygens (including phenoxy) is 2. The van der Waals surface area contributed by atoms with Gasteiger partial charge in [-0.15, -0.1) is 0 Å². The summed E-state index contributed by atoms with van der Waals surface area (Å²) in [6, 6.07) is 6.44. The van der Waals surface area contributed by atoms with Crippen LogP contribution in [0.2, 0.25) is 0 Å². The summed E-state index contributed by atoms with van der Waals surface area (Å²) in [5, 5.41) is 3.51. The van der Waals surface area contributed by atoms with Crippen molar-refractivity contribution in [1.82, 2.24) is 5.32 Å². The summed E-state index contributed by atoms with van der Waals surface area (Å²) in [7, 11) is 1.66. The molecule has 1 aliphatic rings. The molecule has 0 aromatic heterocycles. The molecule has 0 bridgehead atoms. The van der Waals surface area contributed by atoms with Gasteiger partial charge in [0.25, 0.3) is 0 Å². The van der Waals surface area contributed by atoms with E-state index >= 15 is 0 Å². The van der Waals surface area contributed by atoms with Crippen molar-refractivity contribution < 1.29 is 9.47 Å². The SMILES string of the molecule is CCCNC1CC(Oc2ccc(OC)cc2Br)C1. The number of benzene rings is 1. The van der Waals surface area contributed by atoms with Crippen LogP contribution in [0.3, 0.4) is 0 Å². The average molecular weight is 314 g/mol. The zero-order valence-electron chi connectivity index (χ0n) is 10.9. The van der Waals surface area contributed by atoms with Crippen LogP contribution in [-0.4, -0.2) is 25.8 Å². The Labute approximate surface area is 117 Å². The van der Waals surface area contributed by atoms with Crippen LogP contribution in [0, 0.1) is 0 Å². The summed E-state index contributed by atoms with van der Waals surface area (Å²) in [6.45, 7) is 3.29. The number of methoxy groups -OCH3 is 1. The molecular weight excluding hydrogens is 294 g/mol. The van der Waals surface area contributed by atoms with Crippen molar-refractivity contribution in [2.75, 3.05) is 13.7 Å². The molecule has 2 rings (SSSR count). The summed E-state index contributed by atoms with van der Waals surface area (Å²) >= 11 is 3.51. The first-order valence-corrected chi connectivity index (χ1v) is 7.25. The molecule has 1 aliphatic carbocycles. The Kier molecular flexibility index (Phi) is 4.89. The number of hydrogen-bond donors (Lipinski definition) is 1. The summed E-state index contributed by atoms with van der Waals surface area (Å²) < 4.78 is 12.1. The van der Waals surface area contributed by atoms with Gasteiger partial charge in [0.1, 0.15) is 17.6 Å². The van der Waals surface area contributed by atoms with Crippen molar-refractivity contribution in [2.45, 2.75) is 38.3 Å². The monoisotopic (exact) mass is 313 g/mol. The van der Waals surface area contributed by atoms with E-state index in [1.54, 1.807) is 7.11 Å². The molecule has 1 saturated carbocycles. The summed E-state index contributed by atoms with van der Waals surface area (Å²) in [6.07, 6.45) is 3.72. The van der Waals surface area contributed by atoms with E-state index in [1.165, 1.54) is 6.42 Å². The second kappa shape index (κ2) is 6.43. The minimum Gasteiger partial charge on any atom is -0.497 e. The summed E-state index contributed by atoms with van der Waals surface area (Å²) in [4.78, 5) is 0. The van der Waals surface area contributed by atoms with Gasteiger partial charge >= 0.3 is 0 Å². The van der Waals surface area contributed by atoms with Crippen molar-refractivity contribution in [2.24, 2.45) is 0 Å². The van der Waals surface area contributed by atoms with Gasteiger partial charge < -0.3 is 14.8 Å². The molecule has 1 aromatic rings. The molecule has 4 heteroatoms. The molecule has 1 N–H and O–H groups in total. The quantitative estimate of drug-likeness (QED) is 0.873. The van der Waals surface area contributed by atoms with Crippen molar-refractivity contribution in [3.05, 3.63) is 22.7 Å². The van der Waals surface area contributed by atoms with Crippen LogP contribution in [0.5, 0.6) is 11.5 Å². The van der Waals surface area contributed by atoms with E-state index in [0.717, 1.165) is 35.4 Å². The Morgan fingerprint density at radius 1 is 1.39 bits per heavy atom. The van der Waals surface area contributed by atoms with Gasteiger partial charge in [0.15, 0.2) is 0 Å². The highest BCUT2D eigenvalue weighted by molar-refractivity contribution is 9.10. The van der Waals surface area contributed by atoms with Crippen molar-refractivity contribution in [3.8, 4) is 11.5 Å². The zero-order chi connectivity index (χ0) is 13.0. The fraction of sp³-hybridized carbons (Fsp3) is 0.571. The first kappa shape index (κ1) is 13.7. The van der Waals surface area contributed by atoms with Crippen LogP contribution in [0.15, 0.2) is 22.7 Å². The van der Waals surface area contributed by atoms with Crippen LogP contribution in [0.4, 0.5) is 0 Å². The second-order valence-electron chi connectivity index (χ2n) is 4.66. The van der Waals surface area contributed by atoms with E-state index in [9.17, 15) is 0 Å². The van der Waals surface area contributed by atoms with Gasteiger partial charge in [0, 0.05) is 6.04 Å². The van der Waals surface area contributed by atoms with Crippen LogP contribution < -0.4 is 14.8 Å². The lowest BCUT2D eigenvalue weighted by Crippen LogP contribution is -2.47. The third-order valence-electron chi connectivity index (χ3n) is 3.21. The Morgan fingerprint density at radius 3 is 2.78 bits per heavy atom. The fourth-order valence-electron chi connectivity index (χ4n) is 2.06. The van der Waals surface area contributed by atoms with Gasteiger partial charge in [-0.05, 0) is 59.9 Å². The highest BCUT2D eigenvalue weighted by atomic mass is 79.9. The molecule has 3 nitrogen and oxygen atoms in total. The minimum absolute atomic E-state index is 0.337. The Bertz CT molecular complexity index is 391. The van der Waals surface area contributed by atoms with Crippen molar-refractivity contribution in [3.63, 3.8) is 0 Å². The van der Waals surface area contributed by atoms with Crippen LogP contribution >= 0.6 is 15.9 Å². The summed E-state index contributed by atoms with van der Waals surface area (Å²) in [5.41, 5.74) is 0. The average Bonchev–Trinajstić information content (AvgIpc) is 2.33. The van der Waals surface area contributed by atoms with Gasteiger partial charge in [0.05, 0.1) is 11.6 Å². The van der Waals surface area contributed by atoms with Gasteiger partial charge in [-0.2, -0.15) is 0 Å². The van der Waals surface area contributed by atoms with Gasteiger partial charge in [0.2, 0.25) is 0 Å². The van der Waals surface area contributed by atoms with Crippen LogP contribution in [-0.2, 0) is 0 Å². The third-order valence-corrected chi connectivity index (χ3v) is 3.83. The number of rotatable bonds is 6. The molecule has 0 unspecified atom stereocenters. The predicted octanol–water partition coefficient (Wildman–Crippen LogP) is 3.37. The van der Waals surface area contributed by atoms with E-state index < -0.39 is 0 Å². The number of hydrogen-bond acceptors (Lipinski definition) is 3. The maximum atomic E-state index is 5.95. The minimum atomic E-state index is 0.337. The van der Waals surface area contributed by atoms with Gasteiger partial charge in [-0.1, -0.05) is 6.92 Å². The van der Waals surface area contributed by atoms with Gasteiger partial charge in [-0.3, -0.25) is 0 Å². The molecule has 0 aliphatic heterocycles. The molecule has 1 aromatic carbocycles. The maximum Gasteiger partial charge on any atom is 0.134 e. The Hall–Kier alpha value is -0.740. The molecule has 0 radical (unpaired) electrons. The second-order valence-corrected chi connectivity index (χ2v) is 5.51. The molecule has 0 amide bonds. The van der Waals surface area contributed by atoms with E-state index in [0.29, 0.717) is 12.1 Å². The maximum absolute atomic E-state index is 5.95. The highest BCUT2D eigenvalue weighted by Gasteiger charge is 2.30. The standard InChI is InChI=1S/C14H20BrNO2/c1-3-6-16-10-7-12(8-10)18-14-5-4-11(17-2)9-13(14)15/h4-5,9-10,12,16H,3,6-8H2,1-2H3. The lowest BCUT2D eigenvalue weighted by atomic mass is 9.89. The van der Waals surface area contributed by atoms with Crippen LogP contribution in [0.1, 0.15) is 26.2 Å². The van der Waals surface area contributed by atoms with Crippen molar-refractivity contribution >= 4 is 15.9 Å². The zero-order valence-corrected chi connectivity index (χ0v) is 12.5. The topological polar surface area (TPSA) is 30.5 Å². The lowest BCUT2D eigenvalue weighted by Gasteiger charge is -2.36. The first-order valence-electron chi connectivity index (χ1n) is 6.46. The number of nitrogens with one attached hydrogen (secondary N) is 1. The largest absolute Gasteiger partial charge is 0.497 e. The Morgan fingerprint density at radius 2 is 2.17 bits per heavy atom. The van der Waals surface area contributed by atoms with E-state index in [-0.39, 0.29) is 0 Å². The van der Waals surface area contributed by atoms with Gasteiger partial charge in [-0.25, -0.2) is 0 Å². The Balaban J connectivity index is 1.81. The van der Waals surface area contributed by atoms with E-state index in [1.807, 2.05) is 18.2 Å². The van der Waals surface area contributed by atoms with E-state index in [4.69, 9.17) is 9.47 Å². The van der Waals surface area contributed by atoms with E-state index in [2.05, 4.69) is 28.2 Å². The third kappa shape index (κ3) is 3.39. The molecule has 18 heavy (non-hydrogen) atoms. The molecule has 0 atom stereocenters. The van der Waals surface area contributed by atoms with Crippen molar-refractivity contribution in [1.29, 1.82) is 0 Å². The fourth-order valence-corrected chi connectivity index (χ4v) is 2.51. The normalized spacial score (nSPS) is 22.4. The molecule has 0 spiro atoms. The lowest BCUT2D eigenvalue weighted by molar-refractivity contribution is 0.0844. The molecule has 100 valence electrons. The molecule has 0 saturated heterocycles. The molecule has 0 heterocycles. The highest BCUT2D eigenvalue weighted by Crippen LogP contribution is 2.33. The molecule has 1 fully saturated rings.